The van der Waals surface area contributed by atoms with Gasteiger partial charge in [-0.05, 0) is 19.1 Å². The van der Waals surface area contributed by atoms with Crippen LogP contribution >= 0.6 is 0 Å². The summed E-state index contributed by atoms with van der Waals surface area (Å²) in [4.78, 5) is 14.3. The summed E-state index contributed by atoms with van der Waals surface area (Å²) < 4.78 is 10.5. The summed E-state index contributed by atoms with van der Waals surface area (Å²) in [5.74, 6) is 0.416. The third-order valence-corrected chi connectivity index (χ3v) is 3.12. The zero-order chi connectivity index (χ0) is 13.1. The number of hydrogen-bond donors (Lipinski definition) is 1. The number of ether oxygens (including phenoxy) is 2. The van der Waals surface area contributed by atoms with Crippen LogP contribution in [-0.2, 0) is 4.74 Å². The SMILES string of the molecule is COc1cccc(N)c1C(=O)N1CCOCC1C. The molecule has 1 amide bonds. The van der Waals surface area contributed by atoms with Gasteiger partial charge in [-0.2, -0.15) is 0 Å². The highest BCUT2D eigenvalue weighted by atomic mass is 16.5. The Kier molecular flexibility index (Phi) is 3.72. The number of nitrogens with two attached hydrogens (primary N) is 1. The zero-order valence-corrected chi connectivity index (χ0v) is 10.7. The van der Waals surface area contributed by atoms with Gasteiger partial charge in [-0.3, -0.25) is 4.79 Å². The quantitative estimate of drug-likeness (QED) is 0.799. The summed E-state index contributed by atoms with van der Waals surface area (Å²) in [7, 11) is 1.54. The standard InChI is InChI=1S/C13H18N2O3/c1-9-8-18-7-6-15(9)13(16)12-10(14)4-3-5-11(12)17-2/h3-5,9H,6-8,14H2,1-2H3. The number of rotatable bonds is 2. The Morgan fingerprint density at radius 1 is 1.56 bits per heavy atom. The van der Waals surface area contributed by atoms with Gasteiger partial charge in [0.05, 0.1) is 26.4 Å². The molecule has 1 fully saturated rings. The van der Waals surface area contributed by atoms with E-state index in [0.717, 1.165) is 0 Å². The Labute approximate surface area is 106 Å². The Hall–Kier alpha value is -1.75. The summed E-state index contributed by atoms with van der Waals surface area (Å²) in [6, 6.07) is 5.28. The molecule has 98 valence electrons. The first-order chi connectivity index (χ1) is 8.65. The fraction of sp³-hybridized carbons (Fsp3) is 0.462. The second kappa shape index (κ2) is 5.27. The summed E-state index contributed by atoms with van der Waals surface area (Å²) in [6.45, 7) is 3.66. The number of methoxy groups -OCH3 is 1. The van der Waals surface area contributed by atoms with Crippen LogP contribution in [0.5, 0.6) is 5.75 Å². The third kappa shape index (κ3) is 2.26. The number of benzene rings is 1. The van der Waals surface area contributed by atoms with Crippen LogP contribution in [0.4, 0.5) is 5.69 Å². The van der Waals surface area contributed by atoms with Crippen molar-refractivity contribution in [2.45, 2.75) is 13.0 Å². The molecule has 1 saturated heterocycles. The van der Waals surface area contributed by atoms with Gasteiger partial charge in [0, 0.05) is 12.2 Å². The molecule has 0 saturated carbocycles. The van der Waals surface area contributed by atoms with Crippen molar-refractivity contribution < 1.29 is 14.3 Å². The van der Waals surface area contributed by atoms with Gasteiger partial charge in [0.2, 0.25) is 0 Å². The molecule has 1 aliphatic heterocycles. The summed E-state index contributed by atoms with van der Waals surface area (Å²) in [5, 5.41) is 0. The van der Waals surface area contributed by atoms with Gasteiger partial charge in [-0.25, -0.2) is 0 Å². The van der Waals surface area contributed by atoms with Gasteiger partial charge in [-0.15, -0.1) is 0 Å². The van der Waals surface area contributed by atoms with Crippen molar-refractivity contribution >= 4 is 11.6 Å². The molecule has 0 aliphatic carbocycles. The number of carbonyl (C=O) groups is 1. The van der Waals surface area contributed by atoms with Crippen LogP contribution in [0, 0.1) is 0 Å². The van der Waals surface area contributed by atoms with Gasteiger partial charge in [0.25, 0.3) is 5.91 Å². The first-order valence-electron chi connectivity index (χ1n) is 5.96. The van der Waals surface area contributed by atoms with E-state index in [4.69, 9.17) is 15.2 Å². The molecule has 1 heterocycles. The van der Waals surface area contributed by atoms with Crippen LogP contribution in [0.1, 0.15) is 17.3 Å². The smallest absolute Gasteiger partial charge is 0.260 e. The monoisotopic (exact) mass is 250 g/mol. The van der Waals surface area contributed by atoms with E-state index in [1.165, 1.54) is 7.11 Å². The number of anilines is 1. The fourth-order valence-corrected chi connectivity index (χ4v) is 2.12. The molecule has 0 bridgehead atoms. The lowest BCUT2D eigenvalue weighted by Gasteiger charge is -2.33. The van der Waals surface area contributed by atoms with E-state index in [1.54, 1.807) is 23.1 Å². The fourth-order valence-electron chi connectivity index (χ4n) is 2.12. The lowest BCUT2D eigenvalue weighted by atomic mass is 10.1. The van der Waals surface area contributed by atoms with E-state index >= 15 is 0 Å². The lowest BCUT2D eigenvalue weighted by molar-refractivity contribution is 0.00350. The van der Waals surface area contributed by atoms with Crippen molar-refractivity contribution in [3.63, 3.8) is 0 Å². The third-order valence-electron chi connectivity index (χ3n) is 3.12. The summed E-state index contributed by atoms with van der Waals surface area (Å²) in [6.07, 6.45) is 0. The predicted molar refractivity (Wildman–Crippen MR) is 68.7 cm³/mol. The minimum Gasteiger partial charge on any atom is -0.496 e. The second-order valence-electron chi connectivity index (χ2n) is 4.35. The van der Waals surface area contributed by atoms with Gasteiger partial charge >= 0.3 is 0 Å². The molecule has 1 atom stereocenters. The van der Waals surface area contributed by atoms with Crippen LogP contribution < -0.4 is 10.5 Å². The Morgan fingerprint density at radius 2 is 2.33 bits per heavy atom. The Balaban J connectivity index is 2.33. The zero-order valence-electron chi connectivity index (χ0n) is 10.7. The first-order valence-corrected chi connectivity index (χ1v) is 5.96. The molecule has 1 aromatic rings. The molecule has 5 nitrogen and oxygen atoms in total. The van der Waals surface area contributed by atoms with E-state index < -0.39 is 0 Å². The van der Waals surface area contributed by atoms with Gasteiger partial charge in [0.15, 0.2) is 0 Å². The van der Waals surface area contributed by atoms with Crippen LogP contribution in [0.2, 0.25) is 0 Å². The highest BCUT2D eigenvalue weighted by Gasteiger charge is 2.28. The molecule has 1 aliphatic rings. The highest BCUT2D eigenvalue weighted by molar-refractivity contribution is 6.02. The van der Waals surface area contributed by atoms with Crippen molar-refractivity contribution in [1.82, 2.24) is 4.90 Å². The summed E-state index contributed by atoms with van der Waals surface area (Å²) >= 11 is 0. The maximum atomic E-state index is 12.5. The molecular weight excluding hydrogens is 232 g/mol. The minimum absolute atomic E-state index is 0.0514. The largest absolute Gasteiger partial charge is 0.496 e. The lowest BCUT2D eigenvalue weighted by Crippen LogP contribution is -2.47. The van der Waals surface area contributed by atoms with E-state index in [9.17, 15) is 4.79 Å². The molecular formula is C13H18N2O3. The maximum absolute atomic E-state index is 12.5. The van der Waals surface area contributed by atoms with Crippen molar-refractivity contribution in [3.05, 3.63) is 23.8 Å². The number of morpholine rings is 1. The number of nitrogen functional groups attached to an aromatic ring is 1. The van der Waals surface area contributed by atoms with Gasteiger partial charge < -0.3 is 20.1 Å². The first kappa shape index (κ1) is 12.7. The number of amides is 1. The average molecular weight is 250 g/mol. The molecule has 0 spiro atoms. The van der Waals surface area contributed by atoms with E-state index in [-0.39, 0.29) is 11.9 Å². The Morgan fingerprint density at radius 3 is 3.00 bits per heavy atom. The van der Waals surface area contributed by atoms with E-state index in [2.05, 4.69) is 0 Å². The molecule has 2 rings (SSSR count). The van der Waals surface area contributed by atoms with Crippen LogP contribution in [0.25, 0.3) is 0 Å². The molecule has 5 heteroatoms. The van der Waals surface area contributed by atoms with Crippen LogP contribution in [0.15, 0.2) is 18.2 Å². The number of carbonyl (C=O) groups excluding carboxylic acids is 1. The van der Waals surface area contributed by atoms with E-state index in [0.29, 0.717) is 36.8 Å². The maximum Gasteiger partial charge on any atom is 0.260 e. The molecule has 18 heavy (non-hydrogen) atoms. The normalized spacial score (nSPS) is 19.7. The van der Waals surface area contributed by atoms with Crippen molar-refractivity contribution in [3.8, 4) is 5.75 Å². The molecule has 1 aromatic carbocycles. The van der Waals surface area contributed by atoms with Crippen LogP contribution in [-0.4, -0.2) is 43.7 Å². The van der Waals surface area contributed by atoms with Crippen molar-refractivity contribution in [2.75, 3.05) is 32.6 Å². The van der Waals surface area contributed by atoms with Crippen LogP contribution in [0.3, 0.4) is 0 Å². The molecule has 0 radical (unpaired) electrons. The van der Waals surface area contributed by atoms with Gasteiger partial charge in [-0.1, -0.05) is 6.07 Å². The number of hydrogen-bond acceptors (Lipinski definition) is 4. The number of nitrogens with zero attached hydrogens (tertiary/aromatic N) is 1. The minimum atomic E-state index is -0.0965. The predicted octanol–water partition coefficient (Wildman–Crippen LogP) is 1.14. The van der Waals surface area contributed by atoms with Crippen molar-refractivity contribution in [2.24, 2.45) is 0 Å². The second-order valence-corrected chi connectivity index (χ2v) is 4.35. The topological polar surface area (TPSA) is 64.8 Å². The van der Waals surface area contributed by atoms with Gasteiger partial charge in [0.1, 0.15) is 11.3 Å². The highest BCUT2D eigenvalue weighted by Crippen LogP contribution is 2.26. The van der Waals surface area contributed by atoms with E-state index in [1.807, 2.05) is 6.92 Å². The summed E-state index contributed by atoms with van der Waals surface area (Å²) in [5.41, 5.74) is 6.77. The molecule has 1 unspecified atom stereocenters. The van der Waals surface area contributed by atoms with Crippen molar-refractivity contribution in [1.29, 1.82) is 0 Å². The Bertz CT molecular complexity index is 448. The molecule has 2 N–H and O–H groups in total. The molecule has 0 aromatic heterocycles. The average Bonchev–Trinajstić information content (AvgIpc) is 2.38.